The molecule has 1 fully saturated rings. The number of esters is 1. The van der Waals surface area contributed by atoms with Crippen molar-refractivity contribution >= 4 is 23.2 Å². The summed E-state index contributed by atoms with van der Waals surface area (Å²) in [4.78, 5) is 24.2. The number of rotatable bonds is 6. The molecule has 0 aliphatic carbocycles. The summed E-state index contributed by atoms with van der Waals surface area (Å²) >= 11 is 1.31. The summed E-state index contributed by atoms with van der Waals surface area (Å²) in [6.45, 7) is 0.940. The van der Waals surface area contributed by atoms with E-state index in [1.165, 1.54) is 11.3 Å². The molecule has 5 nitrogen and oxygen atoms in total. The van der Waals surface area contributed by atoms with Gasteiger partial charge in [-0.1, -0.05) is 30.3 Å². The smallest absolute Gasteiger partial charge is 0.348 e. The molecule has 1 amide bonds. The maximum absolute atomic E-state index is 12.0. The minimum atomic E-state index is -0.477. The van der Waals surface area contributed by atoms with Crippen molar-refractivity contribution in [3.8, 4) is 11.1 Å². The lowest BCUT2D eigenvalue weighted by Gasteiger charge is -2.10. The van der Waals surface area contributed by atoms with Crippen LogP contribution in [0.2, 0.25) is 0 Å². The van der Waals surface area contributed by atoms with E-state index in [2.05, 4.69) is 5.32 Å². The number of thiophene rings is 1. The molecule has 1 N–H and O–H groups in total. The Bertz CT molecular complexity index is 692. The summed E-state index contributed by atoms with van der Waals surface area (Å²) in [7, 11) is 0. The predicted molar refractivity (Wildman–Crippen MR) is 92.0 cm³/mol. The fourth-order valence-corrected chi connectivity index (χ4v) is 3.32. The Labute approximate surface area is 144 Å². The van der Waals surface area contributed by atoms with Gasteiger partial charge in [0.05, 0.1) is 6.10 Å². The van der Waals surface area contributed by atoms with Crippen LogP contribution in [0.5, 0.6) is 0 Å². The third-order valence-corrected chi connectivity index (χ3v) is 4.70. The summed E-state index contributed by atoms with van der Waals surface area (Å²) < 4.78 is 10.5. The second kappa shape index (κ2) is 8.08. The molecule has 0 radical (unpaired) electrons. The van der Waals surface area contributed by atoms with Crippen LogP contribution in [0, 0.1) is 0 Å². The predicted octanol–water partition coefficient (Wildman–Crippen LogP) is 2.87. The van der Waals surface area contributed by atoms with Crippen LogP contribution in [0.25, 0.3) is 11.1 Å². The van der Waals surface area contributed by atoms with Gasteiger partial charge in [0.1, 0.15) is 4.88 Å². The van der Waals surface area contributed by atoms with Gasteiger partial charge in [-0.2, -0.15) is 0 Å². The summed E-state index contributed by atoms with van der Waals surface area (Å²) in [5.41, 5.74) is 2.01. The van der Waals surface area contributed by atoms with Gasteiger partial charge in [0.2, 0.25) is 0 Å². The Kier molecular flexibility index (Phi) is 5.61. The summed E-state index contributed by atoms with van der Waals surface area (Å²) in [5, 5.41) is 4.63. The van der Waals surface area contributed by atoms with Crippen LogP contribution in [-0.2, 0) is 14.3 Å². The van der Waals surface area contributed by atoms with E-state index in [9.17, 15) is 9.59 Å². The van der Waals surface area contributed by atoms with E-state index >= 15 is 0 Å². The Morgan fingerprint density at radius 1 is 1.25 bits per heavy atom. The highest BCUT2D eigenvalue weighted by Crippen LogP contribution is 2.25. The van der Waals surface area contributed by atoms with Gasteiger partial charge in [0.25, 0.3) is 5.91 Å². The zero-order chi connectivity index (χ0) is 16.8. The standard InChI is InChI=1S/C18H19NO4S/c20-17(19-10-15-7-4-8-22-15)11-23-18(21)16-9-14(12-24-16)13-5-2-1-3-6-13/h1-3,5-6,9,12,15H,4,7-8,10-11H2,(H,19,20)/t15-/m0/s1. The largest absolute Gasteiger partial charge is 0.451 e. The Balaban J connectivity index is 1.46. The lowest BCUT2D eigenvalue weighted by atomic mass is 10.1. The number of ether oxygens (including phenoxy) is 2. The highest BCUT2D eigenvalue weighted by Gasteiger charge is 2.17. The lowest BCUT2D eigenvalue weighted by Crippen LogP contribution is -2.34. The Hall–Kier alpha value is -2.18. The number of carbonyl (C=O) groups excluding carboxylic acids is 2. The highest BCUT2D eigenvalue weighted by atomic mass is 32.1. The SMILES string of the molecule is O=C(COC(=O)c1cc(-c2ccccc2)cs1)NC[C@@H]1CCCO1. The van der Waals surface area contributed by atoms with E-state index in [1.807, 2.05) is 35.7 Å². The number of hydrogen-bond donors (Lipinski definition) is 1. The van der Waals surface area contributed by atoms with Crippen molar-refractivity contribution in [1.82, 2.24) is 5.32 Å². The van der Waals surface area contributed by atoms with Crippen molar-refractivity contribution < 1.29 is 19.1 Å². The normalized spacial score (nSPS) is 16.8. The fourth-order valence-electron chi connectivity index (χ4n) is 2.51. The van der Waals surface area contributed by atoms with E-state index in [-0.39, 0.29) is 18.6 Å². The van der Waals surface area contributed by atoms with Crippen molar-refractivity contribution in [3.05, 3.63) is 46.7 Å². The molecule has 2 heterocycles. The molecule has 1 aliphatic heterocycles. The second-order valence-corrected chi connectivity index (χ2v) is 6.49. The first-order valence-electron chi connectivity index (χ1n) is 7.92. The van der Waals surface area contributed by atoms with Gasteiger partial charge in [-0.25, -0.2) is 4.79 Å². The minimum Gasteiger partial charge on any atom is -0.451 e. The zero-order valence-corrected chi connectivity index (χ0v) is 14.0. The molecule has 0 bridgehead atoms. The average Bonchev–Trinajstić information content (AvgIpc) is 3.30. The van der Waals surface area contributed by atoms with Crippen LogP contribution in [0.3, 0.4) is 0 Å². The molecular weight excluding hydrogens is 326 g/mol. The van der Waals surface area contributed by atoms with Crippen LogP contribution in [-0.4, -0.2) is 37.7 Å². The van der Waals surface area contributed by atoms with E-state index in [1.54, 1.807) is 6.07 Å². The monoisotopic (exact) mass is 345 g/mol. The lowest BCUT2D eigenvalue weighted by molar-refractivity contribution is -0.124. The summed E-state index contributed by atoms with van der Waals surface area (Å²) in [6, 6.07) is 11.6. The highest BCUT2D eigenvalue weighted by molar-refractivity contribution is 7.12. The molecule has 24 heavy (non-hydrogen) atoms. The first-order chi connectivity index (χ1) is 11.7. The maximum atomic E-state index is 12.0. The first-order valence-corrected chi connectivity index (χ1v) is 8.80. The van der Waals surface area contributed by atoms with Gasteiger partial charge in [0.15, 0.2) is 6.61 Å². The maximum Gasteiger partial charge on any atom is 0.348 e. The van der Waals surface area contributed by atoms with Crippen molar-refractivity contribution in [2.24, 2.45) is 0 Å². The molecule has 2 aromatic rings. The number of hydrogen-bond acceptors (Lipinski definition) is 5. The van der Waals surface area contributed by atoms with E-state index in [0.717, 1.165) is 30.6 Å². The molecule has 1 aromatic heterocycles. The summed E-state index contributed by atoms with van der Waals surface area (Å²) in [6.07, 6.45) is 2.06. The molecule has 0 spiro atoms. The molecule has 6 heteroatoms. The number of amides is 1. The quantitative estimate of drug-likeness (QED) is 0.818. The van der Waals surface area contributed by atoms with E-state index in [4.69, 9.17) is 9.47 Å². The topological polar surface area (TPSA) is 64.6 Å². The first kappa shape index (κ1) is 16.7. The molecule has 1 aliphatic rings. The van der Waals surface area contributed by atoms with Crippen molar-refractivity contribution in [2.45, 2.75) is 18.9 Å². The van der Waals surface area contributed by atoms with Gasteiger partial charge in [0, 0.05) is 13.2 Å². The fraction of sp³-hybridized carbons (Fsp3) is 0.333. The van der Waals surface area contributed by atoms with Crippen LogP contribution in [0.4, 0.5) is 0 Å². The summed E-state index contributed by atoms with van der Waals surface area (Å²) in [5.74, 6) is -0.784. The number of nitrogens with one attached hydrogen (secondary N) is 1. The van der Waals surface area contributed by atoms with Crippen LogP contribution in [0.1, 0.15) is 22.5 Å². The number of benzene rings is 1. The van der Waals surface area contributed by atoms with E-state index in [0.29, 0.717) is 11.4 Å². The molecular formula is C18H19NO4S. The van der Waals surface area contributed by atoms with Gasteiger partial charge in [-0.15, -0.1) is 11.3 Å². The number of carbonyl (C=O) groups is 2. The molecule has 1 saturated heterocycles. The van der Waals surface area contributed by atoms with Gasteiger partial charge < -0.3 is 14.8 Å². The third-order valence-electron chi connectivity index (χ3n) is 3.79. The molecule has 0 saturated carbocycles. The molecule has 1 atom stereocenters. The van der Waals surface area contributed by atoms with Gasteiger partial charge in [-0.05, 0) is 35.4 Å². The van der Waals surface area contributed by atoms with Gasteiger partial charge in [-0.3, -0.25) is 4.79 Å². The van der Waals surface area contributed by atoms with Crippen molar-refractivity contribution in [2.75, 3.05) is 19.8 Å². The molecule has 126 valence electrons. The van der Waals surface area contributed by atoms with E-state index < -0.39 is 5.97 Å². The average molecular weight is 345 g/mol. The van der Waals surface area contributed by atoms with Crippen LogP contribution >= 0.6 is 11.3 Å². The van der Waals surface area contributed by atoms with Gasteiger partial charge >= 0.3 is 5.97 Å². The van der Waals surface area contributed by atoms with Crippen molar-refractivity contribution in [3.63, 3.8) is 0 Å². The Morgan fingerprint density at radius 2 is 2.08 bits per heavy atom. The third kappa shape index (κ3) is 4.43. The molecule has 1 aromatic carbocycles. The van der Waals surface area contributed by atoms with Crippen molar-refractivity contribution in [1.29, 1.82) is 0 Å². The molecule has 0 unspecified atom stereocenters. The van der Waals surface area contributed by atoms with Crippen LogP contribution < -0.4 is 5.32 Å². The van der Waals surface area contributed by atoms with Crippen LogP contribution in [0.15, 0.2) is 41.8 Å². The minimum absolute atomic E-state index is 0.0791. The molecule has 3 rings (SSSR count). The second-order valence-electron chi connectivity index (χ2n) is 5.58. The Morgan fingerprint density at radius 3 is 2.83 bits per heavy atom. The zero-order valence-electron chi connectivity index (χ0n) is 13.2.